The van der Waals surface area contributed by atoms with Crippen molar-refractivity contribution in [1.29, 1.82) is 5.26 Å². The van der Waals surface area contributed by atoms with E-state index < -0.39 is 11.5 Å². The number of nitriles is 1. The number of nitrogens with zero attached hydrogens (tertiary/aromatic N) is 3. The third-order valence-corrected chi connectivity index (χ3v) is 3.74. The fourth-order valence-corrected chi connectivity index (χ4v) is 2.52. The van der Waals surface area contributed by atoms with Crippen LogP contribution in [0.5, 0.6) is 0 Å². The first-order chi connectivity index (χ1) is 8.99. The molecule has 1 saturated heterocycles. The van der Waals surface area contributed by atoms with Gasteiger partial charge < -0.3 is 10.0 Å². The molecule has 1 aromatic heterocycles. The number of aromatic nitrogens is 1. The van der Waals surface area contributed by atoms with Crippen molar-refractivity contribution >= 4 is 11.8 Å². The van der Waals surface area contributed by atoms with Crippen molar-refractivity contribution in [3.05, 3.63) is 23.4 Å². The van der Waals surface area contributed by atoms with Gasteiger partial charge in [0.15, 0.2) is 0 Å². The molecule has 1 fully saturated rings. The van der Waals surface area contributed by atoms with Crippen molar-refractivity contribution in [2.24, 2.45) is 0 Å². The third-order valence-electron chi connectivity index (χ3n) is 3.74. The maximum absolute atomic E-state index is 11.6. The second kappa shape index (κ2) is 4.88. The molecule has 0 spiro atoms. The van der Waals surface area contributed by atoms with Gasteiger partial charge in [0.1, 0.15) is 17.4 Å². The lowest BCUT2D eigenvalue weighted by Crippen LogP contribution is -2.56. The molecule has 1 aromatic rings. The predicted octanol–water partition coefficient (Wildman–Crippen LogP) is 2.10. The molecule has 0 bridgehead atoms. The second-order valence-corrected chi connectivity index (χ2v) is 5.12. The molecule has 5 heteroatoms. The average molecular weight is 259 g/mol. The summed E-state index contributed by atoms with van der Waals surface area (Å²) < 4.78 is 0. The molecule has 0 saturated carbocycles. The molecule has 100 valence electrons. The Kier molecular flexibility index (Phi) is 3.43. The van der Waals surface area contributed by atoms with Crippen LogP contribution in [0.3, 0.4) is 0 Å². The summed E-state index contributed by atoms with van der Waals surface area (Å²) in [6, 6.07) is 5.57. The van der Waals surface area contributed by atoms with Crippen LogP contribution in [-0.2, 0) is 4.79 Å². The number of rotatable bonds is 2. The quantitative estimate of drug-likeness (QED) is 0.880. The number of pyridine rings is 1. The van der Waals surface area contributed by atoms with Crippen molar-refractivity contribution in [3.8, 4) is 6.07 Å². The van der Waals surface area contributed by atoms with E-state index in [0.717, 1.165) is 18.5 Å². The van der Waals surface area contributed by atoms with Crippen molar-refractivity contribution < 1.29 is 9.90 Å². The summed E-state index contributed by atoms with van der Waals surface area (Å²) in [7, 11) is 0. The number of carboxylic acid groups (broad SMARTS) is 1. The van der Waals surface area contributed by atoms with Gasteiger partial charge in [-0.25, -0.2) is 9.78 Å². The van der Waals surface area contributed by atoms with Gasteiger partial charge in [0.05, 0.1) is 5.56 Å². The summed E-state index contributed by atoms with van der Waals surface area (Å²) in [6.45, 7) is 4.17. The number of carbonyl (C=O) groups is 1. The summed E-state index contributed by atoms with van der Waals surface area (Å²) in [6.07, 6.45) is 2.37. The number of hydrogen-bond donors (Lipinski definition) is 1. The molecule has 0 aliphatic carbocycles. The highest BCUT2D eigenvalue weighted by atomic mass is 16.4. The molecule has 2 rings (SSSR count). The van der Waals surface area contributed by atoms with E-state index in [1.165, 1.54) is 0 Å². The minimum atomic E-state index is -0.982. The van der Waals surface area contributed by atoms with Crippen LogP contribution >= 0.6 is 0 Å². The summed E-state index contributed by atoms with van der Waals surface area (Å²) >= 11 is 0. The first kappa shape index (κ1) is 13.3. The molecular formula is C14H17N3O2. The largest absolute Gasteiger partial charge is 0.480 e. The molecule has 1 unspecified atom stereocenters. The molecule has 19 heavy (non-hydrogen) atoms. The van der Waals surface area contributed by atoms with Crippen LogP contribution in [0.25, 0.3) is 0 Å². The normalized spacial score (nSPS) is 22.9. The lowest BCUT2D eigenvalue weighted by molar-refractivity contribution is -0.143. The van der Waals surface area contributed by atoms with Gasteiger partial charge in [-0.1, -0.05) is 0 Å². The van der Waals surface area contributed by atoms with Crippen molar-refractivity contribution in [2.45, 2.75) is 38.6 Å². The summed E-state index contributed by atoms with van der Waals surface area (Å²) in [5.74, 6) is -0.369. The Morgan fingerprint density at radius 3 is 2.89 bits per heavy atom. The summed E-state index contributed by atoms with van der Waals surface area (Å²) in [5.41, 5.74) is 0.234. The molecule has 0 amide bonds. The Hall–Kier alpha value is -2.09. The van der Waals surface area contributed by atoms with Crippen LogP contribution in [-0.4, -0.2) is 28.1 Å². The van der Waals surface area contributed by atoms with E-state index in [1.54, 1.807) is 24.0 Å². The molecule has 2 heterocycles. The number of anilines is 1. The van der Waals surface area contributed by atoms with E-state index in [0.29, 0.717) is 24.3 Å². The standard InChI is InChI=1S/C14H17N3O2/c1-10-5-6-11(9-15)12(16-10)17-8-4-3-7-14(17,2)13(18)19/h5-6H,3-4,7-8H2,1-2H3,(H,18,19). The van der Waals surface area contributed by atoms with Crippen molar-refractivity contribution in [2.75, 3.05) is 11.4 Å². The smallest absolute Gasteiger partial charge is 0.329 e. The van der Waals surface area contributed by atoms with Gasteiger partial charge in [-0.15, -0.1) is 0 Å². The first-order valence-corrected chi connectivity index (χ1v) is 6.38. The van der Waals surface area contributed by atoms with Crippen LogP contribution < -0.4 is 4.90 Å². The summed E-state index contributed by atoms with van der Waals surface area (Å²) in [4.78, 5) is 17.7. The molecule has 0 radical (unpaired) electrons. The topological polar surface area (TPSA) is 77.2 Å². The number of carboxylic acids is 1. The van der Waals surface area contributed by atoms with Gasteiger partial charge in [0, 0.05) is 12.2 Å². The maximum atomic E-state index is 11.6. The Morgan fingerprint density at radius 1 is 1.53 bits per heavy atom. The minimum absolute atomic E-state index is 0.431. The van der Waals surface area contributed by atoms with Gasteiger partial charge in [0.2, 0.25) is 0 Å². The Balaban J connectivity index is 2.52. The van der Waals surface area contributed by atoms with Gasteiger partial charge in [0.25, 0.3) is 0 Å². The van der Waals surface area contributed by atoms with Gasteiger partial charge in [-0.3, -0.25) is 0 Å². The zero-order chi connectivity index (χ0) is 14.0. The fraction of sp³-hybridized carbons (Fsp3) is 0.500. The lowest BCUT2D eigenvalue weighted by Gasteiger charge is -2.42. The molecular weight excluding hydrogens is 242 g/mol. The van der Waals surface area contributed by atoms with E-state index in [2.05, 4.69) is 11.1 Å². The highest BCUT2D eigenvalue weighted by molar-refractivity contribution is 5.83. The minimum Gasteiger partial charge on any atom is -0.480 e. The molecule has 1 aliphatic heterocycles. The molecule has 5 nitrogen and oxygen atoms in total. The van der Waals surface area contributed by atoms with Crippen molar-refractivity contribution in [1.82, 2.24) is 4.98 Å². The second-order valence-electron chi connectivity index (χ2n) is 5.12. The number of aryl methyl sites for hydroxylation is 1. The monoisotopic (exact) mass is 259 g/mol. The van der Waals surface area contributed by atoms with E-state index in [-0.39, 0.29) is 0 Å². The lowest BCUT2D eigenvalue weighted by atomic mass is 9.88. The Labute approximate surface area is 112 Å². The highest BCUT2D eigenvalue weighted by Gasteiger charge is 2.42. The van der Waals surface area contributed by atoms with Gasteiger partial charge >= 0.3 is 5.97 Å². The van der Waals surface area contributed by atoms with Crippen LogP contribution in [0.4, 0.5) is 5.82 Å². The average Bonchev–Trinajstić information content (AvgIpc) is 2.39. The van der Waals surface area contributed by atoms with E-state index in [4.69, 9.17) is 0 Å². The van der Waals surface area contributed by atoms with Crippen LogP contribution in [0.1, 0.15) is 37.4 Å². The Morgan fingerprint density at radius 2 is 2.26 bits per heavy atom. The highest BCUT2D eigenvalue weighted by Crippen LogP contribution is 2.33. The van der Waals surface area contributed by atoms with E-state index >= 15 is 0 Å². The van der Waals surface area contributed by atoms with Crippen LogP contribution in [0.15, 0.2) is 12.1 Å². The molecule has 1 N–H and O–H groups in total. The van der Waals surface area contributed by atoms with Crippen molar-refractivity contribution in [3.63, 3.8) is 0 Å². The predicted molar refractivity (Wildman–Crippen MR) is 70.9 cm³/mol. The van der Waals surface area contributed by atoms with Crippen LogP contribution in [0, 0.1) is 18.3 Å². The Bertz CT molecular complexity index is 550. The zero-order valence-corrected chi connectivity index (χ0v) is 11.2. The van der Waals surface area contributed by atoms with Gasteiger partial charge in [-0.2, -0.15) is 5.26 Å². The van der Waals surface area contributed by atoms with Gasteiger partial charge in [-0.05, 0) is 45.2 Å². The third kappa shape index (κ3) is 2.26. The van der Waals surface area contributed by atoms with E-state index in [9.17, 15) is 15.2 Å². The summed E-state index contributed by atoms with van der Waals surface area (Å²) in [5, 5.41) is 18.7. The number of piperidine rings is 1. The zero-order valence-electron chi connectivity index (χ0n) is 11.2. The molecule has 1 atom stereocenters. The first-order valence-electron chi connectivity index (χ1n) is 6.38. The van der Waals surface area contributed by atoms with E-state index in [1.807, 2.05) is 6.92 Å². The molecule has 1 aliphatic rings. The van der Waals surface area contributed by atoms with Crippen LogP contribution in [0.2, 0.25) is 0 Å². The number of aliphatic carboxylic acids is 1. The maximum Gasteiger partial charge on any atom is 0.329 e. The SMILES string of the molecule is Cc1ccc(C#N)c(N2CCCCC2(C)C(=O)O)n1. The fourth-order valence-electron chi connectivity index (χ4n) is 2.52. The molecule has 0 aromatic carbocycles. The number of hydrogen-bond acceptors (Lipinski definition) is 4.